The maximum atomic E-state index is 13.6. The highest BCUT2D eigenvalue weighted by Gasteiger charge is 2.32. The van der Waals surface area contributed by atoms with Gasteiger partial charge in [-0.25, -0.2) is 4.39 Å². The summed E-state index contributed by atoms with van der Waals surface area (Å²) in [5.41, 5.74) is 2.05. The van der Waals surface area contributed by atoms with E-state index in [4.69, 9.17) is 4.74 Å². The molecule has 1 aliphatic heterocycles. The average Bonchev–Trinajstić information content (AvgIpc) is 2.39. The molecule has 0 amide bonds. The van der Waals surface area contributed by atoms with Gasteiger partial charge >= 0.3 is 0 Å². The van der Waals surface area contributed by atoms with Crippen LogP contribution in [0.3, 0.4) is 0 Å². The molecule has 3 nitrogen and oxygen atoms in total. The molecule has 1 aromatic rings. The molecule has 1 unspecified atom stereocenters. The quantitative estimate of drug-likeness (QED) is 0.917. The number of nitrogens with zero attached hydrogens (tertiary/aromatic N) is 1. The van der Waals surface area contributed by atoms with E-state index in [9.17, 15) is 4.39 Å². The Morgan fingerprint density at radius 2 is 2.20 bits per heavy atom. The zero-order valence-corrected chi connectivity index (χ0v) is 12.9. The lowest BCUT2D eigenvalue weighted by Gasteiger charge is -2.45. The van der Waals surface area contributed by atoms with E-state index < -0.39 is 0 Å². The third-order valence-corrected chi connectivity index (χ3v) is 3.90. The molecule has 0 saturated carbocycles. The van der Waals surface area contributed by atoms with E-state index in [2.05, 4.69) is 37.9 Å². The van der Waals surface area contributed by atoms with E-state index in [-0.39, 0.29) is 17.4 Å². The van der Waals surface area contributed by atoms with Crippen molar-refractivity contribution >= 4 is 5.69 Å². The van der Waals surface area contributed by atoms with Gasteiger partial charge in [0, 0.05) is 18.3 Å². The van der Waals surface area contributed by atoms with Gasteiger partial charge in [0.1, 0.15) is 5.82 Å². The van der Waals surface area contributed by atoms with Gasteiger partial charge in [-0.3, -0.25) is 0 Å². The van der Waals surface area contributed by atoms with Crippen LogP contribution >= 0.6 is 0 Å². The number of anilines is 1. The summed E-state index contributed by atoms with van der Waals surface area (Å²) in [6.45, 7) is 11.6. The molecular weight excluding hydrogens is 255 g/mol. The largest absolute Gasteiger partial charge is 0.377 e. The Kier molecular flexibility index (Phi) is 4.66. The normalized spacial score (nSPS) is 19.9. The van der Waals surface area contributed by atoms with Gasteiger partial charge < -0.3 is 15.0 Å². The van der Waals surface area contributed by atoms with Crippen LogP contribution in [-0.2, 0) is 4.74 Å². The Labute approximate surface area is 121 Å². The summed E-state index contributed by atoms with van der Waals surface area (Å²) in [5.74, 6) is -0.181. The minimum absolute atomic E-state index is 0.0727. The monoisotopic (exact) mass is 280 g/mol. The van der Waals surface area contributed by atoms with Crippen molar-refractivity contribution in [2.75, 3.05) is 31.2 Å². The van der Waals surface area contributed by atoms with Crippen LogP contribution in [0.1, 0.15) is 39.3 Å². The molecular formula is C16H25FN2O. The smallest absolute Gasteiger partial charge is 0.123 e. The fourth-order valence-electron chi connectivity index (χ4n) is 2.84. The number of benzene rings is 1. The van der Waals surface area contributed by atoms with Crippen molar-refractivity contribution in [1.29, 1.82) is 0 Å². The van der Waals surface area contributed by atoms with E-state index >= 15 is 0 Å². The Bertz CT molecular complexity index is 462. The molecule has 0 radical (unpaired) electrons. The van der Waals surface area contributed by atoms with E-state index in [0.717, 1.165) is 30.9 Å². The molecule has 1 aliphatic rings. The molecule has 4 heteroatoms. The number of ether oxygens (including phenoxy) is 1. The summed E-state index contributed by atoms with van der Waals surface area (Å²) in [5, 5.41) is 3.37. The molecule has 1 atom stereocenters. The Balaban J connectivity index is 2.39. The summed E-state index contributed by atoms with van der Waals surface area (Å²) in [6.07, 6.45) is 0. The molecule has 0 bridgehead atoms. The minimum Gasteiger partial charge on any atom is -0.377 e. The SMILES string of the molecule is CCNC(C)c1cc(F)ccc1N1CCOCC1(C)C. The van der Waals surface area contributed by atoms with Crippen molar-refractivity contribution < 1.29 is 9.13 Å². The molecule has 112 valence electrons. The van der Waals surface area contributed by atoms with Gasteiger partial charge in [-0.2, -0.15) is 0 Å². The maximum Gasteiger partial charge on any atom is 0.123 e. The van der Waals surface area contributed by atoms with Gasteiger partial charge in [-0.05, 0) is 51.1 Å². The molecule has 2 rings (SSSR count). The third-order valence-electron chi connectivity index (χ3n) is 3.90. The predicted octanol–water partition coefficient (Wildman–Crippen LogP) is 3.11. The lowest BCUT2D eigenvalue weighted by molar-refractivity contribution is 0.0642. The number of hydrogen-bond donors (Lipinski definition) is 1. The van der Waals surface area contributed by atoms with Crippen molar-refractivity contribution in [2.24, 2.45) is 0 Å². The maximum absolute atomic E-state index is 13.6. The lowest BCUT2D eigenvalue weighted by atomic mass is 9.97. The van der Waals surface area contributed by atoms with Gasteiger partial charge in [-0.1, -0.05) is 6.92 Å². The predicted molar refractivity (Wildman–Crippen MR) is 80.7 cm³/mol. The zero-order valence-electron chi connectivity index (χ0n) is 12.9. The first-order chi connectivity index (χ1) is 9.45. The van der Waals surface area contributed by atoms with Gasteiger partial charge in [0.2, 0.25) is 0 Å². The van der Waals surface area contributed by atoms with Gasteiger partial charge in [-0.15, -0.1) is 0 Å². The van der Waals surface area contributed by atoms with Gasteiger partial charge in [0.15, 0.2) is 0 Å². The highest BCUT2D eigenvalue weighted by Crippen LogP contribution is 2.33. The van der Waals surface area contributed by atoms with Crippen LogP contribution in [0, 0.1) is 5.82 Å². The first-order valence-corrected chi connectivity index (χ1v) is 7.34. The molecule has 1 aromatic carbocycles. The highest BCUT2D eigenvalue weighted by molar-refractivity contribution is 5.57. The molecule has 1 N–H and O–H groups in total. The number of halogens is 1. The van der Waals surface area contributed by atoms with Crippen LogP contribution < -0.4 is 10.2 Å². The van der Waals surface area contributed by atoms with E-state index in [1.54, 1.807) is 12.1 Å². The van der Waals surface area contributed by atoms with E-state index in [0.29, 0.717) is 6.61 Å². The summed E-state index contributed by atoms with van der Waals surface area (Å²) in [4.78, 5) is 2.33. The average molecular weight is 280 g/mol. The lowest BCUT2D eigenvalue weighted by Crippen LogP contribution is -2.53. The van der Waals surface area contributed by atoms with Crippen LogP contribution in [0.25, 0.3) is 0 Å². The third kappa shape index (κ3) is 3.13. The Morgan fingerprint density at radius 1 is 1.45 bits per heavy atom. The standard InChI is InChI=1S/C16H25FN2O/c1-5-18-12(2)14-10-13(17)6-7-15(14)19-8-9-20-11-16(19,3)4/h6-7,10,12,18H,5,8-9,11H2,1-4H3. The second-order valence-corrected chi connectivity index (χ2v) is 6.00. The van der Waals surface area contributed by atoms with Crippen LogP contribution in [0.5, 0.6) is 0 Å². The molecule has 0 spiro atoms. The second-order valence-electron chi connectivity index (χ2n) is 6.00. The molecule has 0 aromatic heterocycles. The fourth-order valence-corrected chi connectivity index (χ4v) is 2.84. The van der Waals surface area contributed by atoms with Crippen LogP contribution in [-0.4, -0.2) is 31.8 Å². The van der Waals surface area contributed by atoms with Crippen molar-refractivity contribution in [3.05, 3.63) is 29.6 Å². The summed E-state index contributed by atoms with van der Waals surface area (Å²) in [6, 6.07) is 5.22. The van der Waals surface area contributed by atoms with Crippen molar-refractivity contribution in [2.45, 2.75) is 39.3 Å². The highest BCUT2D eigenvalue weighted by atomic mass is 19.1. The van der Waals surface area contributed by atoms with Gasteiger partial charge in [0.25, 0.3) is 0 Å². The van der Waals surface area contributed by atoms with Crippen LogP contribution in [0.4, 0.5) is 10.1 Å². The molecule has 1 saturated heterocycles. The molecule has 20 heavy (non-hydrogen) atoms. The van der Waals surface area contributed by atoms with Crippen molar-refractivity contribution in [3.63, 3.8) is 0 Å². The summed E-state index contributed by atoms with van der Waals surface area (Å²) < 4.78 is 19.2. The first kappa shape index (κ1) is 15.3. The number of hydrogen-bond acceptors (Lipinski definition) is 3. The van der Waals surface area contributed by atoms with Gasteiger partial charge in [0.05, 0.1) is 18.8 Å². The second kappa shape index (κ2) is 6.10. The minimum atomic E-state index is -0.181. The zero-order chi connectivity index (χ0) is 14.8. The Morgan fingerprint density at radius 3 is 2.85 bits per heavy atom. The van der Waals surface area contributed by atoms with Crippen LogP contribution in [0.15, 0.2) is 18.2 Å². The number of nitrogens with one attached hydrogen (secondary N) is 1. The number of rotatable bonds is 4. The van der Waals surface area contributed by atoms with Crippen molar-refractivity contribution in [1.82, 2.24) is 5.32 Å². The molecule has 0 aliphatic carbocycles. The molecule has 1 fully saturated rings. The Hall–Kier alpha value is -1.13. The first-order valence-electron chi connectivity index (χ1n) is 7.34. The van der Waals surface area contributed by atoms with E-state index in [1.165, 1.54) is 0 Å². The fraction of sp³-hybridized carbons (Fsp3) is 0.625. The topological polar surface area (TPSA) is 24.5 Å². The summed E-state index contributed by atoms with van der Waals surface area (Å²) in [7, 11) is 0. The summed E-state index contributed by atoms with van der Waals surface area (Å²) >= 11 is 0. The van der Waals surface area contributed by atoms with E-state index in [1.807, 2.05) is 6.07 Å². The van der Waals surface area contributed by atoms with Crippen LogP contribution in [0.2, 0.25) is 0 Å². The molecule has 1 heterocycles. The van der Waals surface area contributed by atoms with Crippen molar-refractivity contribution in [3.8, 4) is 0 Å². The number of morpholine rings is 1.